The predicted molar refractivity (Wildman–Crippen MR) is 63.0 cm³/mol. The Hall–Kier alpha value is 0.690. The molecule has 0 aliphatic carbocycles. The maximum absolute atomic E-state index is 5.75. The maximum atomic E-state index is 5.75. The molecule has 0 heterocycles. The van der Waals surface area contributed by atoms with Gasteiger partial charge in [0.15, 0.2) is 0 Å². The molecule has 0 bridgehead atoms. The fraction of sp³-hybridized carbons (Fsp3) is 1.00. The summed E-state index contributed by atoms with van der Waals surface area (Å²) in [5, 5.41) is 0. The third-order valence-corrected chi connectivity index (χ3v) is 3.50. The Morgan fingerprint density at radius 1 is 1.08 bits per heavy atom. The molecule has 0 aliphatic rings. The van der Waals surface area contributed by atoms with Crippen molar-refractivity contribution >= 4 is 22.6 Å². The molecule has 0 rings (SSSR count). The van der Waals surface area contributed by atoms with Gasteiger partial charge in [-0.2, -0.15) is 0 Å². The zero-order chi connectivity index (χ0) is 9.83. The van der Waals surface area contributed by atoms with Gasteiger partial charge in [-0.1, -0.05) is 43.4 Å². The van der Waals surface area contributed by atoms with Crippen molar-refractivity contribution in [3.63, 3.8) is 0 Å². The molecule has 0 N–H and O–H groups in total. The lowest BCUT2D eigenvalue weighted by Crippen LogP contribution is -2.27. The van der Waals surface area contributed by atoms with Crippen molar-refractivity contribution in [2.75, 3.05) is 11.0 Å². The van der Waals surface area contributed by atoms with Crippen molar-refractivity contribution in [2.24, 2.45) is 5.41 Å². The molecule has 0 atom stereocenters. The van der Waals surface area contributed by atoms with E-state index in [0.29, 0.717) is 5.41 Å². The number of halogens is 1. The van der Waals surface area contributed by atoms with E-state index >= 15 is 0 Å². The van der Waals surface area contributed by atoms with Crippen molar-refractivity contribution in [3.8, 4) is 0 Å². The van der Waals surface area contributed by atoms with Crippen LogP contribution in [0.1, 0.15) is 41.0 Å². The Morgan fingerprint density at radius 2 is 1.58 bits per heavy atom. The van der Waals surface area contributed by atoms with Crippen molar-refractivity contribution in [1.82, 2.24) is 0 Å². The van der Waals surface area contributed by atoms with E-state index in [-0.39, 0.29) is 5.60 Å². The Kier molecular flexibility index (Phi) is 5.07. The van der Waals surface area contributed by atoms with Gasteiger partial charge in [-0.15, -0.1) is 0 Å². The van der Waals surface area contributed by atoms with Gasteiger partial charge < -0.3 is 4.74 Å². The highest BCUT2D eigenvalue weighted by atomic mass is 127. The van der Waals surface area contributed by atoms with Crippen LogP contribution in [0, 0.1) is 5.41 Å². The summed E-state index contributed by atoms with van der Waals surface area (Å²) in [5.74, 6) is 0. The number of hydrogen-bond donors (Lipinski definition) is 0. The van der Waals surface area contributed by atoms with Crippen LogP contribution in [0.2, 0.25) is 0 Å². The van der Waals surface area contributed by atoms with Crippen LogP contribution in [-0.4, -0.2) is 16.6 Å². The van der Waals surface area contributed by atoms with Crippen molar-refractivity contribution in [2.45, 2.75) is 46.6 Å². The molecule has 0 aliphatic heterocycles. The lowest BCUT2D eigenvalue weighted by Gasteiger charge is -2.25. The molecule has 0 aromatic heterocycles. The molecule has 0 saturated heterocycles. The molecule has 0 saturated carbocycles. The standard InChI is InChI=1S/C10H21IO/c1-9(2,3)6-7-12-10(4,5)8-11/h6-8H2,1-5H3. The van der Waals surface area contributed by atoms with E-state index in [1.807, 2.05) is 0 Å². The summed E-state index contributed by atoms with van der Waals surface area (Å²) in [6, 6.07) is 0. The van der Waals surface area contributed by atoms with Gasteiger partial charge in [0.2, 0.25) is 0 Å². The molecule has 0 aromatic rings. The summed E-state index contributed by atoms with van der Waals surface area (Å²) < 4.78 is 6.80. The van der Waals surface area contributed by atoms with E-state index in [2.05, 4.69) is 57.2 Å². The smallest absolute Gasteiger partial charge is 0.0715 e. The minimum atomic E-state index is 0.0474. The van der Waals surface area contributed by atoms with E-state index in [0.717, 1.165) is 17.5 Å². The van der Waals surface area contributed by atoms with Gasteiger partial charge in [-0.3, -0.25) is 0 Å². The first-order valence-electron chi connectivity index (χ1n) is 4.47. The highest BCUT2D eigenvalue weighted by Crippen LogP contribution is 2.20. The second-order valence-electron chi connectivity index (χ2n) is 5.05. The van der Waals surface area contributed by atoms with Crippen molar-refractivity contribution in [1.29, 1.82) is 0 Å². The minimum Gasteiger partial charge on any atom is -0.375 e. The quantitative estimate of drug-likeness (QED) is 0.565. The van der Waals surface area contributed by atoms with E-state index < -0.39 is 0 Å². The molecule has 0 fully saturated rings. The van der Waals surface area contributed by atoms with Crippen molar-refractivity contribution in [3.05, 3.63) is 0 Å². The first-order chi connectivity index (χ1) is 5.27. The third-order valence-electron chi connectivity index (χ3n) is 1.67. The summed E-state index contributed by atoms with van der Waals surface area (Å²) in [7, 11) is 0. The van der Waals surface area contributed by atoms with Gasteiger partial charge in [0.1, 0.15) is 0 Å². The van der Waals surface area contributed by atoms with Crippen LogP contribution >= 0.6 is 22.6 Å². The van der Waals surface area contributed by atoms with Crippen LogP contribution in [0.5, 0.6) is 0 Å². The summed E-state index contributed by atoms with van der Waals surface area (Å²) >= 11 is 2.37. The molecular weight excluding hydrogens is 263 g/mol. The average Bonchev–Trinajstić information content (AvgIpc) is 1.84. The molecule has 0 spiro atoms. The zero-order valence-electron chi connectivity index (χ0n) is 8.91. The van der Waals surface area contributed by atoms with Crippen LogP contribution in [0.15, 0.2) is 0 Å². The lowest BCUT2D eigenvalue weighted by molar-refractivity contribution is -0.00837. The average molecular weight is 284 g/mol. The Labute approximate surface area is 90.4 Å². The Morgan fingerprint density at radius 3 is 1.92 bits per heavy atom. The summed E-state index contributed by atoms with van der Waals surface area (Å²) in [6.45, 7) is 11.9. The normalized spacial score (nSPS) is 13.5. The van der Waals surface area contributed by atoms with Gasteiger partial charge >= 0.3 is 0 Å². The van der Waals surface area contributed by atoms with Gasteiger partial charge in [0.25, 0.3) is 0 Å². The first-order valence-corrected chi connectivity index (χ1v) is 5.99. The Bertz CT molecular complexity index is 124. The minimum absolute atomic E-state index is 0.0474. The van der Waals surface area contributed by atoms with E-state index in [1.54, 1.807) is 0 Å². The fourth-order valence-corrected chi connectivity index (χ4v) is 0.892. The van der Waals surface area contributed by atoms with E-state index in [4.69, 9.17) is 4.74 Å². The highest BCUT2D eigenvalue weighted by molar-refractivity contribution is 14.1. The molecular formula is C10H21IO. The third kappa shape index (κ3) is 7.35. The molecule has 74 valence electrons. The van der Waals surface area contributed by atoms with E-state index in [1.165, 1.54) is 0 Å². The molecule has 0 unspecified atom stereocenters. The van der Waals surface area contributed by atoms with Gasteiger partial charge in [-0.25, -0.2) is 0 Å². The molecule has 1 nitrogen and oxygen atoms in total. The van der Waals surface area contributed by atoms with Gasteiger partial charge in [-0.05, 0) is 25.7 Å². The van der Waals surface area contributed by atoms with Crippen LogP contribution < -0.4 is 0 Å². The van der Waals surface area contributed by atoms with Crippen LogP contribution in [0.25, 0.3) is 0 Å². The predicted octanol–water partition coefficient (Wildman–Crippen LogP) is 3.65. The number of hydrogen-bond acceptors (Lipinski definition) is 1. The summed E-state index contributed by atoms with van der Waals surface area (Å²) in [5.41, 5.74) is 0.438. The topological polar surface area (TPSA) is 9.23 Å². The zero-order valence-corrected chi connectivity index (χ0v) is 11.1. The molecule has 0 amide bonds. The molecule has 12 heavy (non-hydrogen) atoms. The van der Waals surface area contributed by atoms with Crippen LogP contribution in [0.3, 0.4) is 0 Å². The van der Waals surface area contributed by atoms with Gasteiger partial charge in [0.05, 0.1) is 5.60 Å². The maximum Gasteiger partial charge on any atom is 0.0715 e. The van der Waals surface area contributed by atoms with Gasteiger partial charge in [0, 0.05) is 11.0 Å². The van der Waals surface area contributed by atoms with Crippen LogP contribution in [-0.2, 0) is 4.74 Å². The SMILES string of the molecule is CC(C)(C)CCOC(C)(C)CI. The summed E-state index contributed by atoms with van der Waals surface area (Å²) in [4.78, 5) is 0. The first kappa shape index (κ1) is 12.7. The molecule has 0 radical (unpaired) electrons. The van der Waals surface area contributed by atoms with Crippen molar-refractivity contribution < 1.29 is 4.74 Å². The van der Waals surface area contributed by atoms with Crippen LogP contribution in [0.4, 0.5) is 0 Å². The monoisotopic (exact) mass is 284 g/mol. The summed E-state index contributed by atoms with van der Waals surface area (Å²) in [6.07, 6.45) is 1.13. The Balaban J connectivity index is 3.57. The number of alkyl halides is 1. The van der Waals surface area contributed by atoms with E-state index in [9.17, 15) is 0 Å². The number of ether oxygens (including phenoxy) is 1. The second-order valence-corrected chi connectivity index (χ2v) is 5.82. The molecule has 2 heteroatoms. The highest BCUT2D eigenvalue weighted by Gasteiger charge is 2.17. The molecule has 0 aromatic carbocycles. The second kappa shape index (κ2) is 4.80. The number of rotatable bonds is 4. The largest absolute Gasteiger partial charge is 0.375 e. The lowest BCUT2D eigenvalue weighted by atomic mass is 9.93. The fourth-order valence-electron chi connectivity index (χ4n) is 0.672.